The molecule has 0 aliphatic rings. The van der Waals surface area contributed by atoms with E-state index < -0.39 is 16.1 Å². The lowest BCUT2D eigenvalue weighted by Crippen LogP contribution is -2.10. The molecule has 0 fully saturated rings. The van der Waals surface area contributed by atoms with Crippen LogP contribution in [0.15, 0.2) is 16.8 Å². The first kappa shape index (κ1) is 9.21. The van der Waals surface area contributed by atoms with Crippen LogP contribution in [0.25, 0.3) is 0 Å². The van der Waals surface area contributed by atoms with Crippen molar-refractivity contribution in [3.05, 3.63) is 22.4 Å². The minimum atomic E-state index is -3.69. The molecule has 1 heterocycles. The van der Waals surface area contributed by atoms with E-state index in [1.54, 1.807) is 5.38 Å². The Balaban J connectivity index is 2.76. The van der Waals surface area contributed by atoms with Crippen LogP contribution >= 0.6 is 11.3 Å². The highest BCUT2D eigenvalue weighted by atomic mass is 32.2. The van der Waals surface area contributed by atoms with Crippen LogP contribution in [-0.4, -0.2) is 20.6 Å². The topological polar surface area (TPSA) is 60.4 Å². The minimum Gasteiger partial charge on any atom is -0.341 e. The molecule has 0 atom stereocenters. The van der Waals surface area contributed by atoms with Gasteiger partial charge < -0.3 is 4.18 Å². The maximum absolute atomic E-state index is 10.9. The highest BCUT2D eigenvalue weighted by molar-refractivity contribution is 7.86. The molecule has 0 N–H and O–H groups in total. The summed E-state index contributed by atoms with van der Waals surface area (Å²) in [6.45, 7) is 0. The van der Waals surface area contributed by atoms with Gasteiger partial charge in [0.25, 0.3) is 0 Å². The van der Waals surface area contributed by atoms with Gasteiger partial charge in [0.15, 0.2) is 0 Å². The van der Waals surface area contributed by atoms with Crippen LogP contribution in [0.1, 0.15) is 10.4 Å². The van der Waals surface area contributed by atoms with Crippen molar-refractivity contribution < 1.29 is 17.4 Å². The van der Waals surface area contributed by atoms with Gasteiger partial charge in [-0.1, -0.05) is 0 Å². The van der Waals surface area contributed by atoms with Gasteiger partial charge >= 0.3 is 16.1 Å². The van der Waals surface area contributed by atoms with Crippen molar-refractivity contribution in [2.75, 3.05) is 6.26 Å². The number of hydrogen-bond acceptors (Lipinski definition) is 5. The van der Waals surface area contributed by atoms with E-state index in [-0.39, 0.29) is 5.56 Å². The Hall–Kier alpha value is -0.880. The molecule has 0 saturated carbocycles. The van der Waals surface area contributed by atoms with Gasteiger partial charge in [-0.25, -0.2) is 4.79 Å². The van der Waals surface area contributed by atoms with Crippen molar-refractivity contribution in [1.82, 2.24) is 0 Å². The monoisotopic (exact) mass is 206 g/mol. The molecule has 1 aromatic heterocycles. The van der Waals surface area contributed by atoms with E-state index in [1.165, 1.54) is 22.8 Å². The van der Waals surface area contributed by atoms with E-state index in [0.717, 1.165) is 6.26 Å². The first-order chi connectivity index (χ1) is 5.49. The zero-order chi connectivity index (χ0) is 9.19. The number of hydrogen-bond donors (Lipinski definition) is 0. The predicted molar refractivity (Wildman–Crippen MR) is 44.6 cm³/mol. The predicted octanol–water partition coefficient (Wildman–Crippen LogP) is 0.865. The lowest BCUT2D eigenvalue weighted by molar-refractivity contribution is 0.0749. The Morgan fingerprint density at radius 1 is 1.58 bits per heavy atom. The van der Waals surface area contributed by atoms with Crippen LogP contribution in [0, 0.1) is 0 Å². The number of thiophene rings is 1. The van der Waals surface area contributed by atoms with Gasteiger partial charge in [-0.05, 0) is 11.4 Å². The zero-order valence-electron chi connectivity index (χ0n) is 6.18. The van der Waals surface area contributed by atoms with Crippen LogP contribution in [-0.2, 0) is 14.3 Å². The average Bonchev–Trinajstić information content (AvgIpc) is 2.32. The quantitative estimate of drug-likeness (QED) is 0.673. The molecule has 12 heavy (non-hydrogen) atoms. The molecule has 0 saturated heterocycles. The van der Waals surface area contributed by atoms with Gasteiger partial charge in [-0.15, -0.1) is 0 Å². The van der Waals surface area contributed by atoms with E-state index >= 15 is 0 Å². The van der Waals surface area contributed by atoms with Crippen LogP contribution in [0.4, 0.5) is 0 Å². The summed E-state index contributed by atoms with van der Waals surface area (Å²) in [5.74, 6) is -0.834. The summed E-state index contributed by atoms with van der Waals surface area (Å²) < 4.78 is 25.1. The second kappa shape index (κ2) is 3.24. The van der Waals surface area contributed by atoms with Crippen molar-refractivity contribution in [2.45, 2.75) is 0 Å². The van der Waals surface area contributed by atoms with Gasteiger partial charge in [0.05, 0.1) is 11.8 Å². The first-order valence-electron chi connectivity index (χ1n) is 2.95. The van der Waals surface area contributed by atoms with Gasteiger partial charge in [-0.2, -0.15) is 19.8 Å². The minimum absolute atomic E-state index is 0.255. The fourth-order valence-corrected chi connectivity index (χ4v) is 1.56. The molecule has 0 amide bonds. The molecule has 66 valence electrons. The van der Waals surface area contributed by atoms with Crippen molar-refractivity contribution in [2.24, 2.45) is 0 Å². The SMILES string of the molecule is CS(=O)(=O)OC(=O)c1ccsc1. The van der Waals surface area contributed by atoms with Crippen LogP contribution < -0.4 is 0 Å². The number of carbonyl (C=O) groups is 1. The number of carbonyl (C=O) groups excluding carboxylic acids is 1. The Labute approximate surface area is 73.9 Å². The Bertz CT molecular complexity index is 362. The smallest absolute Gasteiger partial charge is 0.341 e. The van der Waals surface area contributed by atoms with Crippen LogP contribution in [0.3, 0.4) is 0 Å². The zero-order valence-corrected chi connectivity index (χ0v) is 7.81. The lowest BCUT2D eigenvalue weighted by atomic mass is 10.4. The molecule has 0 aromatic carbocycles. The summed E-state index contributed by atoms with van der Waals surface area (Å²) in [6, 6.07) is 1.50. The van der Waals surface area contributed by atoms with Crippen molar-refractivity contribution in [1.29, 1.82) is 0 Å². The average molecular weight is 206 g/mol. The van der Waals surface area contributed by atoms with Gasteiger partial charge in [-0.3, -0.25) is 0 Å². The second-order valence-corrected chi connectivity index (χ2v) is 4.44. The lowest BCUT2D eigenvalue weighted by Gasteiger charge is -1.97. The summed E-state index contributed by atoms with van der Waals surface area (Å²) in [5, 5.41) is 3.19. The Kier molecular flexibility index (Phi) is 2.49. The third-order valence-electron chi connectivity index (χ3n) is 0.984. The molecule has 0 radical (unpaired) electrons. The van der Waals surface area contributed by atoms with E-state index in [4.69, 9.17) is 0 Å². The first-order valence-corrected chi connectivity index (χ1v) is 5.71. The van der Waals surface area contributed by atoms with Gasteiger partial charge in [0.1, 0.15) is 0 Å². The van der Waals surface area contributed by atoms with Crippen molar-refractivity contribution in [3.8, 4) is 0 Å². The highest BCUT2D eigenvalue weighted by Crippen LogP contribution is 2.08. The molecular formula is C6H6O4S2. The van der Waals surface area contributed by atoms with E-state index in [0.29, 0.717) is 0 Å². The second-order valence-electron chi connectivity index (χ2n) is 2.09. The fraction of sp³-hybridized carbons (Fsp3) is 0.167. The molecule has 0 unspecified atom stereocenters. The van der Waals surface area contributed by atoms with E-state index in [1.807, 2.05) is 0 Å². The molecular weight excluding hydrogens is 200 g/mol. The van der Waals surface area contributed by atoms with Gasteiger partial charge in [0, 0.05) is 5.38 Å². The van der Waals surface area contributed by atoms with Crippen molar-refractivity contribution in [3.63, 3.8) is 0 Å². The molecule has 0 aliphatic carbocycles. The van der Waals surface area contributed by atoms with Crippen molar-refractivity contribution >= 4 is 27.4 Å². The molecule has 6 heteroatoms. The molecule has 0 spiro atoms. The maximum Gasteiger partial charge on any atom is 0.354 e. The Morgan fingerprint density at radius 2 is 2.25 bits per heavy atom. The van der Waals surface area contributed by atoms with Crippen LogP contribution in [0.5, 0.6) is 0 Å². The summed E-state index contributed by atoms with van der Waals surface area (Å²) in [4.78, 5) is 10.9. The maximum atomic E-state index is 10.9. The molecule has 0 aliphatic heterocycles. The van der Waals surface area contributed by atoms with E-state index in [2.05, 4.69) is 4.18 Å². The summed E-state index contributed by atoms with van der Waals surface area (Å²) in [6.07, 6.45) is 0.831. The largest absolute Gasteiger partial charge is 0.354 e. The summed E-state index contributed by atoms with van der Waals surface area (Å²) in [5.41, 5.74) is 0.255. The molecule has 0 bridgehead atoms. The number of rotatable bonds is 2. The Morgan fingerprint density at radius 3 is 2.67 bits per heavy atom. The third-order valence-corrected chi connectivity index (χ3v) is 2.12. The van der Waals surface area contributed by atoms with E-state index in [9.17, 15) is 13.2 Å². The fourth-order valence-electron chi connectivity index (χ4n) is 0.566. The standard InChI is InChI=1S/C6H6O4S2/c1-12(8,9)10-6(7)5-2-3-11-4-5/h2-4H,1H3. The third kappa shape index (κ3) is 2.63. The normalized spacial score (nSPS) is 11.1. The molecule has 1 rings (SSSR count). The molecule has 4 nitrogen and oxygen atoms in total. The van der Waals surface area contributed by atoms with Crippen LogP contribution in [0.2, 0.25) is 0 Å². The van der Waals surface area contributed by atoms with Gasteiger partial charge in [0.2, 0.25) is 0 Å². The molecule has 1 aromatic rings. The summed E-state index contributed by atoms with van der Waals surface area (Å²) >= 11 is 1.30. The highest BCUT2D eigenvalue weighted by Gasteiger charge is 2.13. The summed E-state index contributed by atoms with van der Waals surface area (Å²) in [7, 11) is -3.69.